The van der Waals surface area contributed by atoms with Crippen LogP contribution in [0.4, 0.5) is 0 Å². The first kappa shape index (κ1) is 15.0. The molecular weight excluding hydrogens is 208 g/mol. The van der Waals surface area contributed by atoms with Gasteiger partial charge >= 0.3 is 0 Å². The molecule has 0 radical (unpaired) electrons. The fourth-order valence-electron chi connectivity index (χ4n) is 2.85. The van der Waals surface area contributed by atoms with E-state index in [0.717, 1.165) is 12.6 Å². The van der Waals surface area contributed by atoms with Gasteiger partial charge < -0.3 is 10.2 Å². The van der Waals surface area contributed by atoms with Crippen molar-refractivity contribution in [3.63, 3.8) is 0 Å². The van der Waals surface area contributed by atoms with Gasteiger partial charge in [0.25, 0.3) is 0 Å². The summed E-state index contributed by atoms with van der Waals surface area (Å²) in [6, 6.07) is 1.45. The molecule has 2 heteroatoms. The van der Waals surface area contributed by atoms with Gasteiger partial charge in [-0.15, -0.1) is 0 Å². The van der Waals surface area contributed by atoms with Crippen LogP contribution in [0.15, 0.2) is 0 Å². The van der Waals surface area contributed by atoms with Crippen molar-refractivity contribution in [1.29, 1.82) is 0 Å². The van der Waals surface area contributed by atoms with Crippen molar-refractivity contribution in [2.45, 2.75) is 72.4 Å². The van der Waals surface area contributed by atoms with Gasteiger partial charge in [-0.2, -0.15) is 0 Å². The molecule has 1 rings (SSSR count). The van der Waals surface area contributed by atoms with Gasteiger partial charge in [-0.3, -0.25) is 0 Å². The Morgan fingerprint density at radius 2 is 1.82 bits per heavy atom. The summed E-state index contributed by atoms with van der Waals surface area (Å²) in [7, 11) is 0. The molecule has 1 aliphatic rings. The molecule has 0 unspecified atom stereocenters. The van der Waals surface area contributed by atoms with Crippen LogP contribution in [0.25, 0.3) is 0 Å². The van der Waals surface area contributed by atoms with E-state index in [1.165, 1.54) is 38.8 Å². The highest BCUT2D eigenvalue weighted by molar-refractivity contribution is 4.83. The Morgan fingerprint density at radius 3 is 2.29 bits per heavy atom. The van der Waals surface area contributed by atoms with E-state index in [0.29, 0.717) is 11.5 Å². The second-order valence-electron chi connectivity index (χ2n) is 6.70. The normalized spacial score (nSPS) is 18.5. The number of nitrogens with one attached hydrogen (secondary N) is 1. The third-order valence-corrected chi connectivity index (χ3v) is 3.87. The van der Waals surface area contributed by atoms with Gasteiger partial charge in [0.2, 0.25) is 0 Å². The molecule has 0 heterocycles. The van der Waals surface area contributed by atoms with E-state index in [9.17, 15) is 0 Å². The first-order chi connectivity index (χ1) is 7.94. The van der Waals surface area contributed by atoms with Crippen molar-refractivity contribution < 1.29 is 0 Å². The first-order valence-electron chi connectivity index (χ1n) is 7.42. The Morgan fingerprint density at radius 1 is 1.24 bits per heavy atom. The highest BCUT2D eigenvalue weighted by atomic mass is 15.2. The summed E-state index contributed by atoms with van der Waals surface area (Å²) in [4.78, 5) is 2.70. The highest BCUT2D eigenvalue weighted by Gasteiger charge is 2.27. The van der Waals surface area contributed by atoms with Crippen molar-refractivity contribution in [3.8, 4) is 0 Å². The lowest BCUT2D eigenvalue weighted by molar-refractivity contribution is 0.133. The molecule has 0 saturated heterocycles. The number of rotatable bonds is 7. The van der Waals surface area contributed by atoms with Crippen molar-refractivity contribution >= 4 is 0 Å². The summed E-state index contributed by atoms with van der Waals surface area (Å²) < 4.78 is 0. The van der Waals surface area contributed by atoms with Crippen molar-refractivity contribution in [2.75, 3.05) is 19.6 Å². The minimum Gasteiger partial charge on any atom is -0.314 e. The van der Waals surface area contributed by atoms with Crippen LogP contribution in [0.3, 0.4) is 0 Å². The van der Waals surface area contributed by atoms with Gasteiger partial charge in [0, 0.05) is 25.2 Å². The van der Waals surface area contributed by atoms with Crippen LogP contribution >= 0.6 is 0 Å². The molecular formula is C15H32N2. The van der Waals surface area contributed by atoms with E-state index >= 15 is 0 Å². The Hall–Kier alpha value is -0.0800. The molecule has 1 fully saturated rings. The lowest BCUT2D eigenvalue weighted by atomic mass is 9.91. The lowest BCUT2D eigenvalue weighted by Gasteiger charge is -2.36. The molecule has 0 amide bonds. The van der Waals surface area contributed by atoms with Gasteiger partial charge in [0.15, 0.2) is 0 Å². The average Bonchev–Trinajstić information content (AvgIpc) is 2.77. The minimum atomic E-state index is 0.378. The van der Waals surface area contributed by atoms with Crippen LogP contribution in [-0.4, -0.2) is 36.6 Å². The number of nitrogens with zero attached hydrogens (tertiary/aromatic N) is 1. The molecule has 2 nitrogen and oxygen atoms in total. The maximum atomic E-state index is 3.58. The van der Waals surface area contributed by atoms with Crippen molar-refractivity contribution in [1.82, 2.24) is 10.2 Å². The summed E-state index contributed by atoms with van der Waals surface area (Å²) in [5, 5.41) is 3.58. The second kappa shape index (κ2) is 6.75. The fraction of sp³-hybridized carbons (Fsp3) is 1.00. The average molecular weight is 240 g/mol. The summed E-state index contributed by atoms with van der Waals surface area (Å²) >= 11 is 0. The smallest absolute Gasteiger partial charge is 0.00953 e. The van der Waals surface area contributed by atoms with Gasteiger partial charge in [-0.05, 0) is 24.8 Å². The van der Waals surface area contributed by atoms with Gasteiger partial charge in [0.05, 0.1) is 0 Å². The van der Waals surface area contributed by atoms with E-state index in [4.69, 9.17) is 0 Å². The van der Waals surface area contributed by atoms with Crippen LogP contribution in [0.1, 0.15) is 60.3 Å². The quantitative estimate of drug-likeness (QED) is 0.735. The molecule has 0 aromatic carbocycles. The first-order valence-corrected chi connectivity index (χ1v) is 7.42. The zero-order chi connectivity index (χ0) is 12.9. The molecule has 102 valence electrons. The van der Waals surface area contributed by atoms with Crippen molar-refractivity contribution in [2.24, 2.45) is 5.41 Å². The molecule has 17 heavy (non-hydrogen) atoms. The van der Waals surface area contributed by atoms with Gasteiger partial charge in [0.1, 0.15) is 0 Å². The molecule has 0 aromatic heterocycles. The van der Waals surface area contributed by atoms with Crippen LogP contribution in [-0.2, 0) is 0 Å². The summed E-state index contributed by atoms with van der Waals surface area (Å²) in [6.07, 6.45) is 5.71. The van der Waals surface area contributed by atoms with E-state index in [1.807, 2.05) is 0 Å². The molecule has 0 aromatic rings. The molecule has 1 aliphatic carbocycles. The van der Waals surface area contributed by atoms with Gasteiger partial charge in [-0.1, -0.05) is 47.5 Å². The van der Waals surface area contributed by atoms with Crippen molar-refractivity contribution in [3.05, 3.63) is 0 Å². The lowest BCUT2D eigenvalue weighted by Crippen LogP contribution is -2.45. The Kier molecular flexibility index (Phi) is 5.94. The van der Waals surface area contributed by atoms with Gasteiger partial charge in [-0.25, -0.2) is 0 Å². The zero-order valence-electron chi connectivity index (χ0n) is 12.6. The standard InChI is InChI=1S/C15H32N2/c1-6-17(14-9-7-8-10-14)12-15(4,5)11-16-13(2)3/h13-14,16H,6-12H2,1-5H3. The monoisotopic (exact) mass is 240 g/mol. The Labute approximate surface area is 108 Å². The topological polar surface area (TPSA) is 15.3 Å². The molecule has 0 atom stereocenters. The zero-order valence-corrected chi connectivity index (χ0v) is 12.6. The minimum absolute atomic E-state index is 0.378. The highest BCUT2D eigenvalue weighted by Crippen LogP contribution is 2.26. The predicted molar refractivity (Wildman–Crippen MR) is 76.4 cm³/mol. The summed E-state index contributed by atoms with van der Waals surface area (Å²) in [6.45, 7) is 15.1. The van der Waals surface area contributed by atoms with Crippen LogP contribution in [0.5, 0.6) is 0 Å². The number of hydrogen-bond acceptors (Lipinski definition) is 2. The second-order valence-corrected chi connectivity index (χ2v) is 6.70. The van der Waals surface area contributed by atoms with E-state index < -0.39 is 0 Å². The molecule has 1 N–H and O–H groups in total. The van der Waals surface area contributed by atoms with E-state index in [-0.39, 0.29) is 0 Å². The van der Waals surface area contributed by atoms with Crippen LogP contribution < -0.4 is 5.32 Å². The maximum Gasteiger partial charge on any atom is 0.00953 e. The Bertz CT molecular complexity index is 205. The molecule has 0 aliphatic heterocycles. The third-order valence-electron chi connectivity index (χ3n) is 3.87. The summed E-state index contributed by atoms with van der Waals surface area (Å²) in [5.41, 5.74) is 0.378. The third kappa shape index (κ3) is 5.39. The van der Waals surface area contributed by atoms with Crippen LogP contribution in [0, 0.1) is 5.41 Å². The maximum absolute atomic E-state index is 3.58. The van der Waals surface area contributed by atoms with Crippen LogP contribution in [0.2, 0.25) is 0 Å². The molecule has 0 spiro atoms. The molecule has 1 saturated carbocycles. The summed E-state index contributed by atoms with van der Waals surface area (Å²) in [5.74, 6) is 0. The fourth-order valence-corrected chi connectivity index (χ4v) is 2.85. The molecule has 0 bridgehead atoms. The SMILES string of the molecule is CCN(CC(C)(C)CNC(C)C)C1CCCC1. The Balaban J connectivity index is 2.42. The largest absolute Gasteiger partial charge is 0.314 e. The van der Waals surface area contributed by atoms with E-state index in [1.54, 1.807) is 0 Å². The van der Waals surface area contributed by atoms with E-state index in [2.05, 4.69) is 44.8 Å². The number of hydrogen-bond donors (Lipinski definition) is 1. The predicted octanol–water partition coefficient (Wildman–Crippen LogP) is 3.28.